The number of H-pyrrole nitrogens is 1. The minimum atomic E-state index is -0.256. The summed E-state index contributed by atoms with van der Waals surface area (Å²) in [6.45, 7) is 9.54. The molecule has 35 heavy (non-hydrogen) atoms. The van der Waals surface area contributed by atoms with E-state index < -0.39 is 0 Å². The van der Waals surface area contributed by atoms with Crippen molar-refractivity contribution in [1.29, 1.82) is 0 Å². The van der Waals surface area contributed by atoms with Crippen molar-refractivity contribution in [1.82, 2.24) is 20.6 Å². The number of fused-ring (bicyclic) bond motifs is 5. The Bertz CT molecular complexity index is 895. The summed E-state index contributed by atoms with van der Waals surface area (Å²) in [7, 11) is 0. The predicted octanol–water partition coefficient (Wildman–Crippen LogP) is 4.18. The predicted molar refractivity (Wildman–Crippen MR) is 133 cm³/mol. The summed E-state index contributed by atoms with van der Waals surface area (Å²) in [5.74, 6) is 3.50. The summed E-state index contributed by atoms with van der Waals surface area (Å²) in [6, 6.07) is 0. The highest BCUT2D eigenvalue weighted by molar-refractivity contribution is 5.88. The molecule has 11 atom stereocenters. The van der Waals surface area contributed by atoms with E-state index in [2.05, 4.69) is 53.6 Å². The van der Waals surface area contributed by atoms with Gasteiger partial charge >= 0.3 is 0 Å². The van der Waals surface area contributed by atoms with E-state index in [0.29, 0.717) is 53.8 Å². The van der Waals surface area contributed by atoms with Crippen molar-refractivity contribution in [3.63, 3.8) is 0 Å². The molecule has 4 N–H and O–H groups in total. The molecule has 196 valence electrons. The number of tetrazole rings is 1. The number of carbonyl (C=O) groups excluding carboxylic acids is 1. The normalized spacial score (nSPS) is 45.8. The third-order valence-corrected chi connectivity index (χ3v) is 11.6. The third kappa shape index (κ3) is 4.12. The van der Waals surface area contributed by atoms with Crippen LogP contribution in [0.3, 0.4) is 0 Å². The van der Waals surface area contributed by atoms with Gasteiger partial charge in [-0.05, 0) is 114 Å². The van der Waals surface area contributed by atoms with E-state index in [9.17, 15) is 15.0 Å². The van der Waals surface area contributed by atoms with Gasteiger partial charge in [0, 0.05) is 6.42 Å². The highest BCUT2D eigenvalue weighted by atomic mass is 16.3. The van der Waals surface area contributed by atoms with Crippen LogP contribution in [0.1, 0.15) is 91.9 Å². The molecule has 4 aliphatic rings. The van der Waals surface area contributed by atoms with E-state index in [0.717, 1.165) is 32.1 Å². The zero-order valence-corrected chi connectivity index (χ0v) is 21.9. The molecule has 4 saturated carbocycles. The Labute approximate surface area is 209 Å². The summed E-state index contributed by atoms with van der Waals surface area (Å²) in [6.07, 6.45) is 9.54. The van der Waals surface area contributed by atoms with Crippen molar-refractivity contribution in [2.75, 3.05) is 5.32 Å². The number of aromatic amines is 1. The molecule has 1 aromatic rings. The van der Waals surface area contributed by atoms with Crippen LogP contribution in [0.4, 0.5) is 5.95 Å². The fraction of sp³-hybridized carbons (Fsp3) is 0.926. The average molecular weight is 488 g/mol. The Kier molecular flexibility index (Phi) is 6.75. The van der Waals surface area contributed by atoms with Gasteiger partial charge in [-0.2, -0.15) is 0 Å². The Morgan fingerprint density at radius 1 is 1.11 bits per heavy atom. The second-order valence-electron chi connectivity index (χ2n) is 12.9. The van der Waals surface area contributed by atoms with Crippen LogP contribution in [-0.4, -0.2) is 49.0 Å². The number of hydrogen-bond acceptors (Lipinski definition) is 6. The lowest BCUT2D eigenvalue weighted by molar-refractivity contribution is -0.203. The summed E-state index contributed by atoms with van der Waals surface area (Å²) in [4.78, 5) is 12.4. The Morgan fingerprint density at radius 3 is 2.57 bits per heavy atom. The summed E-state index contributed by atoms with van der Waals surface area (Å²) in [5, 5.41) is 38.4. The van der Waals surface area contributed by atoms with Crippen LogP contribution in [0.25, 0.3) is 0 Å². The van der Waals surface area contributed by atoms with E-state index in [1.807, 2.05) is 0 Å². The molecule has 8 nitrogen and oxygen atoms in total. The average Bonchev–Trinajstić information content (AvgIpc) is 3.46. The lowest BCUT2D eigenvalue weighted by Crippen LogP contribution is -2.62. The standard InChI is InChI=1S/C27H45N5O3/c1-5-17-21-14-16(33)10-12-27(21,4)20-11-13-26(3)18(7-8-19(26)23(20)24(17)35)15(2)6-9-22(34)28-25-29-31-32-30-25/h15-21,23-24,33,35H,5-14H2,1-4H3,(H2,28,29,30,31,32,34)/t15-,16-,17-,18-,19?,20?,21+,23?,24-,26-,27-/m1/s1. The summed E-state index contributed by atoms with van der Waals surface area (Å²) < 4.78 is 0. The number of rotatable bonds is 6. The number of aliphatic hydroxyl groups excluding tert-OH is 2. The van der Waals surface area contributed by atoms with Crippen LogP contribution < -0.4 is 5.32 Å². The van der Waals surface area contributed by atoms with Gasteiger partial charge in [0.05, 0.1) is 12.2 Å². The van der Waals surface area contributed by atoms with Gasteiger partial charge in [-0.15, -0.1) is 0 Å². The first-order valence-corrected chi connectivity index (χ1v) is 14.1. The lowest BCUT2D eigenvalue weighted by Gasteiger charge is -2.64. The van der Waals surface area contributed by atoms with Crippen molar-refractivity contribution in [2.24, 2.45) is 52.3 Å². The molecule has 1 aromatic heterocycles. The molecule has 0 spiro atoms. The molecule has 0 aromatic carbocycles. The Hall–Kier alpha value is -1.54. The topological polar surface area (TPSA) is 124 Å². The molecular weight excluding hydrogens is 442 g/mol. The second-order valence-corrected chi connectivity index (χ2v) is 12.9. The highest BCUT2D eigenvalue weighted by Gasteiger charge is 2.64. The molecular formula is C27H45N5O3. The van der Waals surface area contributed by atoms with Gasteiger partial charge in [-0.1, -0.05) is 39.2 Å². The molecule has 4 aliphatic carbocycles. The largest absolute Gasteiger partial charge is 0.393 e. The Morgan fingerprint density at radius 2 is 1.86 bits per heavy atom. The van der Waals surface area contributed by atoms with Crippen molar-refractivity contribution in [3.8, 4) is 0 Å². The number of hydrogen-bond donors (Lipinski definition) is 4. The molecule has 1 heterocycles. The zero-order chi connectivity index (χ0) is 25.0. The van der Waals surface area contributed by atoms with Gasteiger partial charge in [-0.25, -0.2) is 5.10 Å². The summed E-state index contributed by atoms with van der Waals surface area (Å²) in [5.41, 5.74) is 0.463. The molecule has 1 amide bonds. The lowest BCUT2D eigenvalue weighted by atomic mass is 9.41. The first-order chi connectivity index (χ1) is 16.7. The molecule has 8 heteroatoms. The SMILES string of the molecule is CC[C@H]1[C@@H](O)C2C3CC[C@H]([C@H](C)CCC(=O)Nc4nnn[nH]4)[C@@]3(C)CCC2[C@@]2(C)CC[C@@H](O)C[C@@H]12. The molecule has 0 radical (unpaired) electrons. The van der Waals surface area contributed by atoms with Crippen molar-refractivity contribution in [2.45, 2.75) is 104 Å². The monoisotopic (exact) mass is 487 g/mol. The van der Waals surface area contributed by atoms with Crippen LogP contribution in [0.2, 0.25) is 0 Å². The second kappa shape index (κ2) is 9.40. The first kappa shape index (κ1) is 25.1. The van der Waals surface area contributed by atoms with E-state index in [1.165, 1.54) is 25.7 Å². The fourth-order valence-electron chi connectivity index (χ4n) is 9.90. The van der Waals surface area contributed by atoms with E-state index in [4.69, 9.17) is 0 Å². The van der Waals surface area contributed by atoms with Gasteiger partial charge in [0.15, 0.2) is 0 Å². The maximum atomic E-state index is 12.4. The zero-order valence-electron chi connectivity index (χ0n) is 21.9. The minimum absolute atomic E-state index is 0.0502. The maximum Gasteiger partial charge on any atom is 0.246 e. The van der Waals surface area contributed by atoms with Gasteiger partial charge in [-0.3, -0.25) is 10.1 Å². The van der Waals surface area contributed by atoms with Crippen molar-refractivity contribution >= 4 is 11.9 Å². The first-order valence-electron chi connectivity index (χ1n) is 14.1. The maximum absolute atomic E-state index is 12.4. The molecule has 0 aliphatic heterocycles. The summed E-state index contributed by atoms with van der Waals surface area (Å²) >= 11 is 0. The number of aliphatic hydroxyl groups is 2. The highest BCUT2D eigenvalue weighted by Crippen LogP contribution is 2.69. The van der Waals surface area contributed by atoms with Gasteiger partial charge in [0.1, 0.15) is 0 Å². The van der Waals surface area contributed by atoms with Crippen LogP contribution in [-0.2, 0) is 4.79 Å². The van der Waals surface area contributed by atoms with Crippen molar-refractivity contribution in [3.05, 3.63) is 0 Å². The minimum Gasteiger partial charge on any atom is -0.393 e. The molecule has 3 unspecified atom stereocenters. The number of anilines is 1. The smallest absolute Gasteiger partial charge is 0.246 e. The number of aromatic nitrogens is 4. The molecule has 0 bridgehead atoms. The van der Waals surface area contributed by atoms with Crippen LogP contribution >= 0.6 is 0 Å². The molecule has 0 saturated heterocycles. The number of amides is 1. The van der Waals surface area contributed by atoms with Gasteiger partial charge in [0.2, 0.25) is 11.9 Å². The number of nitrogens with zero attached hydrogens (tertiary/aromatic N) is 3. The fourth-order valence-corrected chi connectivity index (χ4v) is 9.90. The van der Waals surface area contributed by atoms with Crippen molar-refractivity contribution < 1.29 is 15.0 Å². The quantitative estimate of drug-likeness (QED) is 0.477. The van der Waals surface area contributed by atoms with E-state index in [1.54, 1.807) is 0 Å². The van der Waals surface area contributed by atoms with Crippen LogP contribution in [0, 0.1) is 52.3 Å². The molecule has 4 fully saturated rings. The number of carbonyl (C=O) groups is 1. The van der Waals surface area contributed by atoms with Gasteiger partial charge < -0.3 is 10.2 Å². The van der Waals surface area contributed by atoms with E-state index in [-0.39, 0.29) is 28.9 Å². The van der Waals surface area contributed by atoms with Crippen LogP contribution in [0.5, 0.6) is 0 Å². The van der Waals surface area contributed by atoms with E-state index >= 15 is 0 Å². The van der Waals surface area contributed by atoms with Crippen LogP contribution in [0.15, 0.2) is 0 Å². The molecule has 5 rings (SSSR count). The third-order valence-electron chi connectivity index (χ3n) is 11.6. The number of nitrogens with one attached hydrogen (secondary N) is 2. The van der Waals surface area contributed by atoms with Gasteiger partial charge in [0.25, 0.3) is 0 Å². The Balaban J connectivity index is 1.31.